The number of nitrogens with two attached hydrogens (primary N) is 1. The lowest BCUT2D eigenvalue weighted by Crippen LogP contribution is -2.24. The molecule has 0 aliphatic heterocycles. The molecule has 0 saturated heterocycles. The van der Waals surface area contributed by atoms with E-state index in [2.05, 4.69) is 5.32 Å². The van der Waals surface area contributed by atoms with Crippen LogP contribution in [0.1, 0.15) is 6.42 Å². The molecule has 0 aliphatic carbocycles. The highest BCUT2D eigenvalue weighted by Gasteiger charge is 2.07. The van der Waals surface area contributed by atoms with Crippen LogP contribution in [0.15, 0.2) is 35.4 Å². The largest absolute Gasteiger partial charge is 0.397 e. The number of carbonyl (C=O) groups is 1. The predicted octanol–water partition coefficient (Wildman–Crippen LogP) is 0.937. The molecule has 106 valence electrons. The number of aromatic nitrogens is 2. The standard InChI is InChI=1S/C13H15FN4O2/c1-17-6-7-18(13(17)20)5-4-12(19)16-11-3-2-9(14)8-10(11)15/h2-3,6-8H,4-5,15H2,1H3,(H,16,19). The Morgan fingerprint density at radius 1 is 1.40 bits per heavy atom. The van der Waals surface area contributed by atoms with Gasteiger partial charge in [-0.1, -0.05) is 0 Å². The summed E-state index contributed by atoms with van der Waals surface area (Å²) in [6.45, 7) is 0.270. The fourth-order valence-electron chi connectivity index (χ4n) is 1.76. The number of halogens is 1. The van der Waals surface area contributed by atoms with Gasteiger partial charge in [0, 0.05) is 32.4 Å². The van der Waals surface area contributed by atoms with E-state index in [4.69, 9.17) is 5.73 Å². The molecule has 0 radical (unpaired) electrons. The molecule has 3 N–H and O–H groups in total. The highest BCUT2D eigenvalue weighted by Crippen LogP contribution is 2.19. The fourth-order valence-corrected chi connectivity index (χ4v) is 1.76. The molecule has 2 rings (SSSR count). The van der Waals surface area contributed by atoms with Gasteiger partial charge < -0.3 is 15.6 Å². The van der Waals surface area contributed by atoms with E-state index >= 15 is 0 Å². The van der Waals surface area contributed by atoms with E-state index in [9.17, 15) is 14.0 Å². The van der Waals surface area contributed by atoms with Gasteiger partial charge in [-0.25, -0.2) is 9.18 Å². The molecule has 1 heterocycles. The topological polar surface area (TPSA) is 82.1 Å². The molecule has 0 atom stereocenters. The highest BCUT2D eigenvalue weighted by molar-refractivity contribution is 5.93. The van der Waals surface area contributed by atoms with Gasteiger partial charge in [0.25, 0.3) is 0 Å². The summed E-state index contributed by atoms with van der Waals surface area (Å²) in [5.74, 6) is -0.754. The molecule has 0 fully saturated rings. The first kappa shape index (κ1) is 13.9. The number of nitrogen functional groups attached to an aromatic ring is 1. The molecule has 1 aromatic carbocycles. The summed E-state index contributed by atoms with van der Waals surface area (Å²) >= 11 is 0. The molecular formula is C13H15FN4O2. The van der Waals surface area contributed by atoms with Gasteiger partial charge in [-0.05, 0) is 18.2 Å². The minimum Gasteiger partial charge on any atom is -0.397 e. The number of hydrogen-bond acceptors (Lipinski definition) is 3. The Bertz CT molecular complexity index is 690. The number of benzene rings is 1. The highest BCUT2D eigenvalue weighted by atomic mass is 19.1. The van der Waals surface area contributed by atoms with Crippen molar-refractivity contribution in [3.63, 3.8) is 0 Å². The summed E-state index contributed by atoms with van der Waals surface area (Å²) in [5, 5.41) is 2.58. The van der Waals surface area contributed by atoms with E-state index in [1.165, 1.54) is 21.3 Å². The van der Waals surface area contributed by atoms with Crippen molar-refractivity contribution in [2.24, 2.45) is 7.05 Å². The zero-order valence-electron chi connectivity index (χ0n) is 11.0. The number of aryl methyl sites for hydroxylation is 2. The SMILES string of the molecule is Cn1ccn(CCC(=O)Nc2ccc(F)cc2N)c1=O. The molecule has 20 heavy (non-hydrogen) atoms. The second-order valence-corrected chi connectivity index (χ2v) is 4.41. The fraction of sp³-hybridized carbons (Fsp3) is 0.231. The molecule has 0 bridgehead atoms. The maximum Gasteiger partial charge on any atom is 0.327 e. The Morgan fingerprint density at radius 3 is 2.75 bits per heavy atom. The number of hydrogen-bond donors (Lipinski definition) is 2. The Kier molecular flexibility index (Phi) is 3.88. The monoisotopic (exact) mass is 278 g/mol. The summed E-state index contributed by atoms with van der Waals surface area (Å²) < 4.78 is 15.7. The molecule has 7 heteroatoms. The Morgan fingerprint density at radius 2 is 2.15 bits per heavy atom. The normalized spacial score (nSPS) is 10.5. The third-order valence-corrected chi connectivity index (χ3v) is 2.89. The number of rotatable bonds is 4. The minimum atomic E-state index is -0.462. The van der Waals surface area contributed by atoms with Gasteiger partial charge in [0.1, 0.15) is 5.82 Å². The van der Waals surface area contributed by atoms with E-state index < -0.39 is 5.82 Å². The van der Waals surface area contributed by atoms with Crippen molar-refractivity contribution in [3.8, 4) is 0 Å². The van der Waals surface area contributed by atoms with Crippen LogP contribution in [0.5, 0.6) is 0 Å². The molecule has 1 aromatic heterocycles. The number of nitrogens with zero attached hydrogens (tertiary/aromatic N) is 2. The minimum absolute atomic E-state index is 0.126. The smallest absolute Gasteiger partial charge is 0.327 e. The first-order valence-electron chi connectivity index (χ1n) is 6.04. The van der Waals surface area contributed by atoms with Gasteiger partial charge in [0.05, 0.1) is 11.4 Å². The van der Waals surface area contributed by atoms with Crippen LogP contribution < -0.4 is 16.7 Å². The Labute approximate surface area is 114 Å². The van der Waals surface area contributed by atoms with Crippen LogP contribution in [0, 0.1) is 5.82 Å². The van der Waals surface area contributed by atoms with Crippen molar-refractivity contribution >= 4 is 17.3 Å². The summed E-state index contributed by atoms with van der Waals surface area (Å²) in [7, 11) is 1.64. The Hall–Kier alpha value is -2.57. The summed E-state index contributed by atoms with van der Waals surface area (Å²) in [4.78, 5) is 23.3. The van der Waals surface area contributed by atoms with E-state index in [1.54, 1.807) is 19.4 Å². The van der Waals surface area contributed by atoms with Crippen molar-refractivity contribution < 1.29 is 9.18 Å². The van der Waals surface area contributed by atoms with Crippen LogP contribution in [0.2, 0.25) is 0 Å². The zero-order valence-corrected chi connectivity index (χ0v) is 11.0. The Balaban J connectivity index is 1.96. The van der Waals surface area contributed by atoms with Gasteiger partial charge in [0.15, 0.2) is 0 Å². The number of nitrogens with one attached hydrogen (secondary N) is 1. The lowest BCUT2D eigenvalue weighted by atomic mass is 10.2. The van der Waals surface area contributed by atoms with Gasteiger partial charge in [0.2, 0.25) is 5.91 Å². The zero-order chi connectivity index (χ0) is 14.7. The van der Waals surface area contributed by atoms with Gasteiger partial charge in [-0.15, -0.1) is 0 Å². The summed E-state index contributed by atoms with van der Waals surface area (Å²) in [5.41, 5.74) is 5.93. The molecule has 0 spiro atoms. The lowest BCUT2D eigenvalue weighted by molar-refractivity contribution is -0.116. The van der Waals surface area contributed by atoms with Gasteiger partial charge in [-0.3, -0.25) is 9.36 Å². The maximum absolute atomic E-state index is 12.9. The van der Waals surface area contributed by atoms with Crippen LogP contribution in [0.4, 0.5) is 15.8 Å². The van der Waals surface area contributed by atoms with E-state index in [0.29, 0.717) is 5.69 Å². The first-order valence-corrected chi connectivity index (χ1v) is 6.04. The van der Waals surface area contributed by atoms with Crippen molar-refractivity contribution in [2.45, 2.75) is 13.0 Å². The first-order chi connectivity index (χ1) is 9.47. The molecule has 0 aliphatic rings. The van der Waals surface area contributed by atoms with Crippen molar-refractivity contribution in [2.75, 3.05) is 11.1 Å². The van der Waals surface area contributed by atoms with Crippen LogP contribution in [0.25, 0.3) is 0 Å². The van der Waals surface area contributed by atoms with Crippen molar-refractivity contribution in [1.29, 1.82) is 0 Å². The average Bonchev–Trinajstić information content (AvgIpc) is 2.71. The van der Waals surface area contributed by atoms with Crippen LogP contribution in [-0.4, -0.2) is 15.0 Å². The molecule has 0 saturated carbocycles. The molecule has 2 aromatic rings. The van der Waals surface area contributed by atoms with Gasteiger partial charge in [-0.2, -0.15) is 0 Å². The second-order valence-electron chi connectivity index (χ2n) is 4.41. The molecular weight excluding hydrogens is 263 g/mol. The van der Waals surface area contributed by atoms with E-state index in [1.807, 2.05) is 0 Å². The molecule has 6 nitrogen and oxygen atoms in total. The summed E-state index contributed by atoms with van der Waals surface area (Å²) in [6, 6.07) is 3.75. The van der Waals surface area contributed by atoms with Crippen molar-refractivity contribution in [1.82, 2.24) is 9.13 Å². The molecule has 1 amide bonds. The average molecular weight is 278 g/mol. The third kappa shape index (κ3) is 3.05. The molecule has 0 unspecified atom stereocenters. The van der Waals surface area contributed by atoms with Crippen LogP contribution >= 0.6 is 0 Å². The second kappa shape index (κ2) is 5.60. The number of amides is 1. The predicted molar refractivity (Wildman–Crippen MR) is 73.7 cm³/mol. The lowest BCUT2D eigenvalue weighted by Gasteiger charge is -2.08. The van der Waals surface area contributed by atoms with E-state index in [0.717, 1.165) is 6.07 Å². The van der Waals surface area contributed by atoms with Gasteiger partial charge >= 0.3 is 5.69 Å². The number of imidazole rings is 1. The van der Waals surface area contributed by atoms with Crippen molar-refractivity contribution in [3.05, 3.63) is 46.9 Å². The number of anilines is 2. The quantitative estimate of drug-likeness (QED) is 0.816. The van der Waals surface area contributed by atoms with E-state index in [-0.39, 0.29) is 30.2 Å². The number of carbonyl (C=O) groups excluding carboxylic acids is 1. The van der Waals surface area contributed by atoms with Crippen LogP contribution in [0.3, 0.4) is 0 Å². The maximum atomic E-state index is 12.9. The van der Waals surface area contributed by atoms with Crippen LogP contribution in [-0.2, 0) is 18.4 Å². The third-order valence-electron chi connectivity index (χ3n) is 2.89. The summed E-state index contributed by atoms with van der Waals surface area (Å²) in [6.07, 6.45) is 3.36.